The molecule has 0 saturated heterocycles. The first-order chi connectivity index (χ1) is 19.5. The van der Waals surface area contributed by atoms with Gasteiger partial charge in [0.1, 0.15) is 28.6 Å². The van der Waals surface area contributed by atoms with Crippen molar-refractivity contribution in [3.05, 3.63) is 107 Å². The molecule has 0 bridgehead atoms. The fourth-order valence-electron chi connectivity index (χ4n) is 3.57. The van der Waals surface area contributed by atoms with E-state index in [-0.39, 0.29) is 17.1 Å². The van der Waals surface area contributed by atoms with Gasteiger partial charge in [-0.1, -0.05) is 0 Å². The van der Waals surface area contributed by atoms with Crippen LogP contribution in [0.15, 0.2) is 73.1 Å². The summed E-state index contributed by atoms with van der Waals surface area (Å²) in [6.07, 6.45) is -2.98. The Kier molecular flexibility index (Phi) is 8.21. The quantitative estimate of drug-likeness (QED) is 0.146. The van der Waals surface area contributed by atoms with Gasteiger partial charge in [-0.2, -0.15) is 17.6 Å². The van der Waals surface area contributed by atoms with Crippen LogP contribution < -0.4 is 20.7 Å². The Balaban J connectivity index is 1.46. The third-order valence-corrected chi connectivity index (χ3v) is 5.45. The lowest BCUT2D eigenvalue weighted by Gasteiger charge is -2.15. The Morgan fingerprint density at radius 2 is 1.46 bits per heavy atom. The molecule has 0 atom stereocenters. The number of pyridine rings is 2. The van der Waals surface area contributed by atoms with Crippen molar-refractivity contribution in [2.45, 2.75) is 6.18 Å². The van der Waals surface area contributed by atoms with Crippen LogP contribution >= 0.6 is 0 Å². The highest BCUT2D eigenvalue weighted by Gasteiger charge is 2.37. The first-order valence-corrected chi connectivity index (χ1v) is 11.6. The fraction of sp³-hybridized carbons (Fsp3) is 0.0741. The highest BCUT2D eigenvalue weighted by molar-refractivity contribution is 6.10. The number of nitrogens with one attached hydrogen (secondary N) is 3. The van der Waals surface area contributed by atoms with Gasteiger partial charge >= 0.3 is 12.2 Å². The molecule has 0 aliphatic rings. The standard InChI is InChI=1S/C27H18F5N5O4/c1-33-25(39)21-13-17(8-10-34-21)41-16-5-2-14(3-6-16)36-26(40)37-15-4-7-18(19(12-15)27(30,31)32)23(38)22-20(28)9-11-35-24(22)29/h2-13H,1H3,(H,33,39)(H2,36,37,40). The van der Waals surface area contributed by atoms with Crippen LogP contribution in [0.3, 0.4) is 0 Å². The Labute approximate surface area is 228 Å². The summed E-state index contributed by atoms with van der Waals surface area (Å²) in [4.78, 5) is 43.8. The van der Waals surface area contributed by atoms with E-state index in [1.54, 1.807) is 0 Å². The number of benzene rings is 2. The van der Waals surface area contributed by atoms with Gasteiger partial charge in [-0.3, -0.25) is 14.6 Å². The van der Waals surface area contributed by atoms with Crippen LogP contribution in [0.5, 0.6) is 11.5 Å². The molecular formula is C27H18F5N5O4. The van der Waals surface area contributed by atoms with Crippen LogP contribution in [0.1, 0.15) is 32.0 Å². The maximum absolute atomic E-state index is 14.0. The van der Waals surface area contributed by atoms with E-state index < -0.39 is 52.4 Å². The molecule has 3 N–H and O–H groups in total. The van der Waals surface area contributed by atoms with Crippen LogP contribution in [0, 0.1) is 11.8 Å². The molecular weight excluding hydrogens is 553 g/mol. The van der Waals surface area contributed by atoms with Crippen molar-refractivity contribution in [2.24, 2.45) is 0 Å². The number of ether oxygens (including phenoxy) is 1. The van der Waals surface area contributed by atoms with Crippen LogP contribution in [0.2, 0.25) is 0 Å². The van der Waals surface area contributed by atoms with E-state index in [0.29, 0.717) is 29.7 Å². The van der Waals surface area contributed by atoms with Crippen molar-refractivity contribution >= 4 is 29.1 Å². The van der Waals surface area contributed by atoms with Crippen molar-refractivity contribution in [1.29, 1.82) is 0 Å². The zero-order valence-electron chi connectivity index (χ0n) is 20.8. The summed E-state index contributed by atoms with van der Waals surface area (Å²) in [6.45, 7) is 0. The Morgan fingerprint density at radius 3 is 2.12 bits per heavy atom. The molecule has 0 aliphatic carbocycles. The van der Waals surface area contributed by atoms with Crippen LogP contribution in [-0.4, -0.2) is 34.7 Å². The molecule has 2 heterocycles. The number of alkyl halides is 3. The topological polar surface area (TPSA) is 122 Å². The number of nitrogens with zero attached hydrogens (tertiary/aromatic N) is 2. The maximum atomic E-state index is 14.0. The zero-order chi connectivity index (χ0) is 29.7. The Bertz CT molecular complexity index is 1610. The Morgan fingerprint density at radius 1 is 0.805 bits per heavy atom. The molecule has 0 radical (unpaired) electrons. The molecule has 0 aliphatic heterocycles. The van der Waals surface area contributed by atoms with Crippen molar-refractivity contribution in [1.82, 2.24) is 15.3 Å². The lowest BCUT2D eigenvalue weighted by Crippen LogP contribution is -2.21. The number of carbonyl (C=O) groups excluding carboxylic acids is 3. The van der Waals surface area contributed by atoms with Gasteiger partial charge in [-0.25, -0.2) is 14.2 Å². The van der Waals surface area contributed by atoms with Gasteiger partial charge in [-0.05, 0) is 54.6 Å². The van der Waals surface area contributed by atoms with Gasteiger partial charge in [0.15, 0.2) is 0 Å². The van der Waals surface area contributed by atoms with E-state index in [2.05, 4.69) is 25.9 Å². The molecule has 4 rings (SSSR count). The van der Waals surface area contributed by atoms with Crippen molar-refractivity contribution in [2.75, 3.05) is 17.7 Å². The predicted octanol–water partition coefficient (Wildman–Crippen LogP) is 5.80. The molecule has 0 unspecified atom stereocenters. The molecule has 3 amide bonds. The van der Waals surface area contributed by atoms with Gasteiger partial charge in [-0.15, -0.1) is 0 Å². The number of amides is 3. The summed E-state index contributed by atoms with van der Waals surface area (Å²) in [5.41, 5.74) is -3.73. The summed E-state index contributed by atoms with van der Waals surface area (Å²) in [6, 6.07) is 10.7. The lowest BCUT2D eigenvalue weighted by molar-refractivity contribution is -0.137. The van der Waals surface area contributed by atoms with Crippen LogP contribution in [-0.2, 0) is 6.18 Å². The second-order valence-corrected chi connectivity index (χ2v) is 8.21. The number of halogens is 5. The van der Waals surface area contributed by atoms with E-state index in [1.165, 1.54) is 49.6 Å². The highest BCUT2D eigenvalue weighted by Crippen LogP contribution is 2.35. The fourth-order valence-corrected chi connectivity index (χ4v) is 3.57. The molecule has 0 fully saturated rings. The average Bonchev–Trinajstić information content (AvgIpc) is 2.93. The minimum absolute atomic E-state index is 0.141. The largest absolute Gasteiger partial charge is 0.457 e. The minimum Gasteiger partial charge on any atom is -0.457 e. The van der Waals surface area contributed by atoms with E-state index in [0.717, 1.165) is 12.3 Å². The SMILES string of the molecule is CNC(=O)c1cc(Oc2ccc(NC(=O)Nc3ccc(C(=O)c4c(F)ccnc4F)c(C(F)(F)F)c3)cc2)ccn1. The molecule has 2 aromatic heterocycles. The number of anilines is 2. The van der Waals surface area contributed by atoms with E-state index in [4.69, 9.17) is 4.74 Å². The van der Waals surface area contributed by atoms with Gasteiger partial charge < -0.3 is 20.7 Å². The summed E-state index contributed by atoms with van der Waals surface area (Å²) < 4.78 is 74.8. The molecule has 4 aromatic rings. The number of hydrogen-bond acceptors (Lipinski definition) is 6. The number of hydrogen-bond donors (Lipinski definition) is 3. The third kappa shape index (κ3) is 6.79. The highest BCUT2D eigenvalue weighted by atomic mass is 19.4. The zero-order valence-corrected chi connectivity index (χ0v) is 20.8. The summed E-state index contributed by atoms with van der Waals surface area (Å²) >= 11 is 0. The second-order valence-electron chi connectivity index (χ2n) is 8.21. The van der Waals surface area contributed by atoms with Crippen molar-refractivity contribution in [3.8, 4) is 11.5 Å². The molecule has 0 saturated carbocycles. The Hall–Kier alpha value is -5.40. The number of carbonyl (C=O) groups is 3. The molecule has 41 heavy (non-hydrogen) atoms. The van der Waals surface area contributed by atoms with E-state index in [1.807, 2.05) is 0 Å². The third-order valence-electron chi connectivity index (χ3n) is 5.45. The van der Waals surface area contributed by atoms with Gasteiger partial charge in [0.2, 0.25) is 11.7 Å². The van der Waals surface area contributed by atoms with Crippen molar-refractivity contribution < 1.29 is 41.1 Å². The van der Waals surface area contributed by atoms with Gasteiger partial charge in [0.05, 0.1) is 5.56 Å². The number of urea groups is 1. The van der Waals surface area contributed by atoms with Gasteiger partial charge in [0.25, 0.3) is 5.91 Å². The predicted molar refractivity (Wildman–Crippen MR) is 136 cm³/mol. The average molecular weight is 571 g/mol. The summed E-state index contributed by atoms with van der Waals surface area (Å²) in [7, 11) is 1.46. The van der Waals surface area contributed by atoms with Gasteiger partial charge in [0, 0.05) is 42.4 Å². The normalized spacial score (nSPS) is 11.0. The maximum Gasteiger partial charge on any atom is 0.417 e. The lowest BCUT2D eigenvalue weighted by atomic mass is 9.97. The van der Waals surface area contributed by atoms with E-state index in [9.17, 15) is 36.3 Å². The molecule has 0 spiro atoms. The first-order valence-electron chi connectivity index (χ1n) is 11.6. The monoisotopic (exact) mass is 571 g/mol. The number of ketones is 1. The number of aromatic nitrogens is 2. The second kappa shape index (κ2) is 11.8. The smallest absolute Gasteiger partial charge is 0.417 e. The van der Waals surface area contributed by atoms with Crippen LogP contribution in [0.25, 0.3) is 0 Å². The summed E-state index contributed by atoms with van der Waals surface area (Å²) in [5.74, 6) is -4.22. The first kappa shape index (κ1) is 28.6. The molecule has 2 aromatic carbocycles. The van der Waals surface area contributed by atoms with E-state index >= 15 is 0 Å². The number of rotatable bonds is 7. The summed E-state index contributed by atoms with van der Waals surface area (Å²) in [5, 5.41) is 7.08. The molecule has 210 valence electrons. The van der Waals surface area contributed by atoms with Crippen LogP contribution in [0.4, 0.5) is 38.1 Å². The molecule has 9 nitrogen and oxygen atoms in total. The molecule has 14 heteroatoms. The van der Waals surface area contributed by atoms with Crippen molar-refractivity contribution in [3.63, 3.8) is 0 Å². The minimum atomic E-state index is -5.10.